The number of terminal acetylenes is 1. The highest BCUT2D eigenvalue weighted by atomic mass is 32.1. The van der Waals surface area contributed by atoms with E-state index >= 15 is 0 Å². The molecule has 0 saturated carbocycles. The van der Waals surface area contributed by atoms with E-state index in [2.05, 4.69) is 38.1 Å². The van der Waals surface area contributed by atoms with Crippen LogP contribution in [0.3, 0.4) is 0 Å². The van der Waals surface area contributed by atoms with E-state index in [-0.39, 0.29) is 0 Å². The molecule has 0 aliphatic carbocycles. The molecular formula is C13H19NS. The summed E-state index contributed by atoms with van der Waals surface area (Å²) in [5, 5.41) is 3.50. The minimum absolute atomic E-state index is 0.453. The first kappa shape index (κ1) is 12.3. The lowest BCUT2D eigenvalue weighted by atomic mass is 10.1. The molecule has 0 saturated heterocycles. The Labute approximate surface area is 96.9 Å². The molecule has 0 radical (unpaired) electrons. The SMILES string of the molecule is C#CCC(CC)NCc1cc(C)sc1C. The smallest absolute Gasteiger partial charge is 0.0240 e. The van der Waals surface area contributed by atoms with E-state index in [1.54, 1.807) is 0 Å². The van der Waals surface area contributed by atoms with Gasteiger partial charge in [0, 0.05) is 28.8 Å². The van der Waals surface area contributed by atoms with Crippen LogP contribution in [0.25, 0.3) is 0 Å². The second-order valence-electron chi connectivity index (χ2n) is 3.83. The maximum Gasteiger partial charge on any atom is 0.0240 e. The van der Waals surface area contributed by atoms with Crippen molar-refractivity contribution in [1.82, 2.24) is 5.32 Å². The summed E-state index contributed by atoms with van der Waals surface area (Å²) in [6.45, 7) is 7.44. The normalized spacial score (nSPS) is 12.4. The van der Waals surface area contributed by atoms with Gasteiger partial charge in [0.1, 0.15) is 0 Å². The zero-order chi connectivity index (χ0) is 11.3. The van der Waals surface area contributed by atoms with Crippen molar-refractivity contribution in [1.29, 1.82) is 0 Å². The fourth-order valence-electron chi connectivity index (χ4n) is 1.62. The van der Waals surface area contributed by atoms with Crippen LogP contribution in [0.4, 0.5) is 0 Å². The van der Waals surface area contributed by atoms with Crippen LogP contribution in [0.15, 0.2) is 6.07 Å². The molecule has 1 unspecified atom stereocenters. The lowest BCUT2D eigenvalue weighted by molar-refractivity contribution is 0.506. The van der Waals surface area contributed by atoms with E-state index in [4.69, 9.17) is 6.42 Å². The molecule has 82 valence electrons. The van der Waals surface area contributed by atoms with E-state index in [1.165, 1.54) is 15.3 Å². The van der Waals surface area contributed by atoms with E-state index in [9.17, 15) is 0 Å². The van der Waals surface area contributed by atoms with Crippen molar-refractivity contribution < 1.29 is 0 Å². The molecule has 1 aromatic rings. The molecule has 1 aromatic heterocycles. The molecule has 0 aromatic carbocycles. The first-order chi connectivity index (χ1) is 7.17. The first-order valence-corrected chi connectivity index (χ1v) is 6.21. The van der Waals surface area contributed by atoms with Crippen LogP contribution < -0.4 is 5.32 Å². The Morgan fingerprint density at radius 3 is 2.73 bits per heavy atom. The van der Waals surface area contributed by atoms with Gasteiger partial charge in [-0.15, -0.1) is 23.7 Å². The predicted molar refractivity (Wildman–Crippen MR) is 68.2 cm³/mol. The highest BCUT2D eigenvalue weighted by molar-refractivity contribution is 7.12. The minimum atomic E-state index is 0.453. The van der Waals surface area contributed by atoms with Gasteiger partial charge in [-0.1, -0.05) is 6.92 Å². The second kappa shape index (κ2) is 5.95. The van der Waals surface area contributed by atoms with Gasteiger partial charge in [0.05, 0.1) is 0 Å². The molecule has 15 heavy (non-hydrogen) atoms. The lowest BCUT2D eigenvalue weighted by Crippen LogP contribution is -2.27. The summed E-state index contributed by atoms with van der Waals surface area (Å²) in [5.74, 6) is 2.71. The number of aryl methyl sites for hydroxylation is 2. The molecule has 0 aliphatic rings. The van der Waals surface area contributed by atoms with E-state index < -0.39 is 0 Å². The van der Waals surface area contributed by atoms with E-state index in [0.29, 0.717) is 6.04 Å². The zero-order valence-electron chi connectivity index (χ0n) is 9.76. The van der Waals surface area contributed by atoms with Crippen LogP contribution in [0, 0.1) is 26.2 Å². The molecule has 0 amide bonds. The second-order valence-corrected chi connectivity index (χ2v) is 5.29. The van der Waals surface area contributed by atoms with Gasteiger partial charge >= 0.3 is 0 Å². The number of hydrogen-bond donors (Lipinski definition) is 1. The Balaban J connectivity index is 2.49. The Morgan fingerprint density at radius 1 is 1.53 bits per heavy atom. The molecule has 0 aliphatic heterocycles. The van der Waals surface area contributed by atoms with Crippen molar-refractivity contribution in [2.75, 3.05) is 0 Å². The van der Waals surface area contributed by atoms with Crippen molar-refractivity contribution in [3.8, 4) is 12.3 Å². The van der Waals surface area contributed by atoms with Gasteiger partial charge in [0.2, 0.25) is 0 Å². The van der Waals surface area contributed by atoms with Gasteiger partial charge in [-0.3, -0.25) is 0 Å². The molecule has 1 N–H and O–H groups in total. The predicted octanol–water partition coefficient (Wildman–Crippen LogP) is 3.26. The molecule has 1 heterocycles. The standard InChI is InChI=1S/C13H19NS/c1-5-7-13(6-2)14-9-12-8-10(3)15-11(12)4/h1,8,13-14H,6-7,9H2,2-4H3. The van der Waals surface area contributed by atoms with Crippen molar-refractivity contribution in [3.63, 3.8) is 0 Å². The van der Waals surface area contributed by atoms with Gasteiger partial charge < -0.3 is 5.32 Å². The number of thiophene rings is 1. The molecule has 1 nitrogen and oxygen atoms in total. The Kier molecular flexibility index (Phi) is 4.87. The van der Waals surface area contributed by atoms with Crippen LogP contribution in [-0.2, 0) is 6.54 Å². The lowest BCUT2D eigenvalue weighted by Gasteiger charge is -2.13. The molecule has 0 bridgehead atoms. The third-order valence-electron chi connectivity index (χ3n) is 2.58. The molecule has 1 atom stereocenters. The summed E-state index contributed by atoms with van der Waals surface area (Å²) >= 11 is 1.86. The fraction of sp³-hybridized carbons (Fsp3) is 0.538. The summed E-state index contributed by atoms with van der Waals surface area (Å²) < 4.78 is 0. The largest absolute Gasteiger partial charge is 0.309 e. The van der Waals surface area contributed by atoms with Gasteiger partial charge in [0.15, 0.2) is 0 Å². The van der Waals surface area contributed by atoms with Crippen LogP contribution in [0.5, 0.6) is 0 Å². The molecule has 2 heteroatoms. The average Bonchev–Trinajstić information content (AvgIpc) is 2.52. The summed E-state index contributed by atoms with van der Waals surface area (Å²) in [4.78, 5) is 2.80. The van der Waals surface area contributed by atoms with Crippen LogP contribution >= 0.6 is 11.3 Å². The van der Waals surface area contributed by atoms with Crippen molar-refractivity contribution in [2.24, 2.45) is 0 Å². The average molecular weight is 221 g/mol. The Morgan fingerprint density at radius 2 is 2.27 bits per heavy atom. The van der Waals surface area contributed by atoms with E-state index in [0.717, 1.165) is 19.4 Å². The monoisotopic (exact) mass is 221 g/mol. The maximum atomic E-state index is 5.32. The third kappa shape index (κ3) is 3.70. The number of hydrogen-bond acceptors (Lipinski definition) is 2. The topological polar surface area (TPSA) is 12.0 Å². The zero-order valence-corrected chi connectivity index (χ0v) is 10.6. The van der Waals surface area contributed by atoms with E-state index in [1.807, 2.05) is 11.3 Å². The summed E-state index contributed by atoms with van der Waals surface area (Å²) in [7, 11) is 0. The maximum absolute atomic E-state index is 5.32. The Hall–Kier alpha value is -0.780. The van der Waals surface area contributed by atoms with Crippen LogP contribution in [-0.4, -0.2) is 6.04 Å². The Bertz CT molecular complexity index is 346. The van der Waals surface area contributed by atoms with Gasteiger partial charge in [-0.05, 0) is 31.9 Å². The van der Waals surface area contributed by atoms with Crippen LogP contribution in [0.1, 0.15) is 35.1 Å². The molecule has 1 rings (SSSR count). The minimum Gasteiger partial charge on any atom is -0.309 e. The van der Waals surface area contributed by atoms with Crippen LogP contribution in [0.2, 0.25) is 0 Å². The summed E-state index contributed by atoms with van der Waals surface area (Å²) in [6.07, 6.45) is 7.23. The first-order valence-electron chi connectivity index (χ1n) is 5.40. The highest BCUT2D eigenvalue weighted by Crippen LogP contribution is 2.20. The van der Waals surface area contributed by atoms with Gasteiger partial charge in [-0.25, -0.2) is 0 Å². The summed E-state index contributed by atoms with van der Waals surface area (Å²) in [6, 6.07) is 2.71. The molecular weight excluding hydrogens is 202 g/mol. The third-order valence-corrected chi connectivity index (χ3v) is 3.59. The van der Waals surface area contributed by atoms with Crippen molar-refractivity contribution in [2.45, 2.75) is 46.2 Å². The van der Waals surface area contributed by atoms with Gasteiger partial charge in [0.25, 0.3) is 0 Å². The number of nitrogens with one attached hydrogen (secondary N) is 1. The highest BCUT2D eigenvalue weighted by Gasteiger charge is 2.06. The molecule has 0 spiro atoms. The van der Waals surface area contributed by atoms with Crippen molar-refractivity contribution in [3.05, 3.63) is 21.4 Å². The van der Waals surface area contributed by atoms with Gasteiger partial charge in [-0.2, -0.15) is 0 Å². The fourth-order valence-corrected chi connectivity index (χ4v) is 2.56. The molecule has 0 fully saturated rings. The van der Waals surface area contributed by atoms with Crippen molar-refractivity contribution >= 4 is 11.3 Å². The summed E-state index contributed by atoms with van der Waals surface area (Å²) in [5.41, 5.74) is 1.41. The number of rotatable bonds is 5. The quantitative estimate of drug-likeness (QED) is 0.753.